The number of urea groups is 1. The lowest BCUT2D eigenvalue weighted by Gasteiger charge is -2.18. The second-order valence-corrected chi connectivity index (χ2v) is 6.80. The minimum absolute atomic E-state index is 0.0249. The summed E-state index contributed by atoms with van der Waals surface area (Å²) in [6.07, 6.45) is 0. The van der Waals surface area contributed by atoms with Crippen LogP contribution in [0.2, 0.25) is 0 Å². The van der Waals surface area contributed by atoms with E-state index in [9.17, 15) is 14.0 Å². The number of nitrogens with zero attached hydrogens (tertiary/aromatic N) is 4. The highest BCUT2D eigenvalue weighted by Gasteiger charge is 2.29. The van der Waals surface area contributed by atoms with Gasteiger partial charge < -0.3 is 15.1 Å². The number of hydrogen-bond donors (Lipinski definition) is 1. The zero-order chi connectivity index (χ0) is 19.6. The lowest BCUT2D eigenvalue weighted by molar-refractivity contribution is -0.121. The highest BCUT2D eigenvalue weighted by molar-refractivity contribution is 5.85. The first kappa shape index (κ1) is 18.9. The van der Waals surface area contributed by atoms with Crippen LogP contribution in [-0.2, 0) is 24.9 Å². The van der Waals surface area contributed by atoms with Gasteiger partial charge in [0.25, 0.3) is 0 Å². The summed E-state index contributed by atoms with van der Waals surface area (Å²) < 4.78 is 14.8. The van der Waals surface area contributed by atoms with Gasteiger partial charge in [0.15, 0.2) is 0 Å². The molecule has 1 fully saturated rings. The molecule has 1 saturated heterocycles. The van der Waals surface area contributed by atoms with Crippen molar-refractivity contribution in [2.24, 2.45) is 7.05 Å². The molecule has 27 heavy (non-hydrogen) atoms. The Morgan fingerprint density at radius 1 is 1.19 bits per heavy atom. The molecular weight excluding hydrogens is 349 g/mol. The summed E-state index contributed by atoms with van der Waals surface area (Å²) in [7, 11) is 1.87. The van der Waals surface area contributed by atoms with E-state index in [0.29, 0.717) is 26.2 Å². The standard InChI is InChI=1S/C19H24FN5O2/c1-13-17(14(2)23(3)22-13)10-21-18(26)12-25-9-8-24(19(25)27)11-15-4-6-16(20)7-5-15/h4-7H,8-12H2,1-3H3,(H,21,26). The Bertz CT molecular complexity index is 847. The predicted molar refractivity (Wildman–Crippen MR) is 98.3 cm³/mol. The lowest BCUT2D eigenvalue weighted by atomic mass is 10.2. The number of aromatic nitrogens is 2. The van der Waals surface area contributed by atoms with Crippen molar-refractivity contribution < 1.29 is 14.0 Å². The fraction of sp³-hybridized carbons (Fsp3) is 0.421. The zero-order valence-corrected chi connectivity index (χ0v) is 15.8. The van der Waals surface area contributed by atoms with E-state index in [2.05, 4.69) is 10.4 Å². The van der Waals surface area contributed by atoms with Gasteiger partial charge in [-0.1, -0.05) is 12.1 Å². The summed E-state index contributed by atoms with van der Waals surface area (Å²) in [5, 5.41) is 7.20. The van der Waals surface area contributed by atoms with Gasteiger partial charge in [-0.05, 0) is 31.5 Å². The van der Waals surface area contributed by atoms with Gasteiger partial charge in [-0.25, -0.2) is 9.18 Å². The number of amides is 3. The summed E-state index contributed by atoms with van der Waals surface area (Å²) in [6, 6.07) is 5.91. The first-order chi connectivity index (χ1) is 12.8. The number of nitrogens with one attached hydrogen (secondary N) is 1. The fourth-order valence-electron chi connectivity index (χ4n) is 3.23. The molecule has 1 aliphatic heterocycles. The third-order valence-electron chi connectivity index (χ3n) is 4.92. The Morgan fingerprint density at radius 3 is 2.48 bits per heavy atom. The molecule has 1 aromatic heterocycles. The second kappa shape index (κ2) is 7.77. The van der Waals surface area contributed by atoms with Crippen molar-refractivity contribution in [1.29, 1.82) is 0 Å². The van der Waals surface area contributed by atoms with Crippen LogP contribution >= 0.6 is 0 Å². The third-order valence-corrected chi connectivity index (χ3v) is 4.92. The highest BCUT2D eigenvalue weighted by atomic mass is 19.1. The summed E-state index contributed by atoms with van der Waals surface area (Å²) in [5.41, 5.74) is 3.75. The van der Waals surface area contributed by atoms with E-state index >= 15 is 0 Å². The summed E-state index contributed by atoms with van der Waals surface area (Å²) in [6.45, 7) is 5.74. The van der Waals surface area contributed by atoms with Crippen molar-refractivity contribution in [3.05, 3.63) is 52.6 Å². The maximum atomic E-state index is 13.0. The molecule has 7 nitrogen and oxygen atoms in total. The van der Waals surface area contributed by atoms with Crippen LogP contribution < -0.4 is 5.32 Å². The Kier molecular flexibility index (Phi) is 5.43. The SMILES string of the molecule is Cc1nn(C)c(C)c1CNC(=O)CN1CCN(Cc2ccc(F)cc2)C1=O. The average Bonchev–Trinajstić information content (AvgIpc) is 3.08. The smallest absolute Gasteiger partial charge is 0.320 e. The quantitative estimate of drug-likeness (QED) is 0.838. The molecule has 0 bridgehead atoms. The van der Waals surface area contributed by atoms with Gasteiger partial charge in [0, 0.05) is 44.5 Å². The Balaban J connectivity index is 1.51. The summed E-state index contributed by atoms with van der Waals surface area (Å²) >= 11 is 0. The molecule has 0 unspecified atom stereocenters. The average molecular weight is 373 g/mol. The Hall–Kier alpha value is -2.90. The fourth-order valence-corrected chi connectivity index (χ4v) is 3.23. The number of benzene rings is 1. The minimum Gasteiger partial charge on any atom is -0.350 e. The number of carbonyl (C=O) groups is 2. The molecule has 0 spiro atoms. The van der Waals surface area contributed by atoms with Crippen molar-refractivity contribution in [1.82, 2.24) is 24.9 Å². The number of rotatable bonds is 6. The third kappa shape index (κ3) is 4.27. The maximum Gasteiger partial charge on any atom is 0.320 e. The van der Waals surface area contributed by atoms with E-state index in [4.69, 9.17) is 0 Å². The molecule has 2 aromatic rings. The summed E-state index contributed by atoms with van der Waals surface area (Å²) in [5.74, 6) is -0.501. The first-order valence-electron chi connectivity index (χ1n) is 8.89. The number of carbonyl (C=O) groups excluding carboxylic acids is 2. The second-order valence-electron chi connectivity index (χ2n) is 6.80. The molecular formula is C19H24FN5O2. The molecule has 3 rings (SSSR count). The van der Waals surface area contributed by atoms with Crippen LogP contribution in [0.4, 0.5) is 9.18 Å². The van der Waals surface area contributed by atoms with Crippen LogP contribution in [-0.4, -0.2) is 51.2 Å². The first-order valence-corrected chi connectivity index (χ1v) is 8.89. The van der Waals surface area contributed by atoms with Crippen LogP contribution in [0.25, 0.3) is 0 Å². The lowest BCUT2D eigenvalue weighted by Crippen LogP contribution is -2.39. The molecule has 0 saturated carbocycles. The monoisotopic (exact) mass is 373 g/mol. The van der Waals surface area contributed by atoms with Crippen LogP contribution in [0.1, 0.15) is 22.5 Å². The number of halogens is 1. The maximum absolute atomic E-state index is 13.0. The van der Waals surface area contributed by atoms with Crippen LogP contribution in [0, 0.1) is 19.7 Å². The Labute approximate surface area is 157 Å². The van der Waals surface area contributed by atoms with E-state index in [1.807, 2.05) is 20.9 Å². The van der Waals surface area contributed by atoms with E-state index in [1.165, 1.54) is 17.0 Å². The van der Waals surface area contributed by atoms with Crippen molar-refractivity contribution in [3.8, 4) is 0 Å². The van der Waals surface area contributed by atoms with Gasteiger partial charge in [-0.3, -0.25) is 9.48 Å². The van der Waals surface area contributed by atoms with Gasteiger partial charge in [-0.15, -0.1) is 0 Å². The topological polar surface area (TPSA) is 70.5 Å². The molecule has 0 radical (unpaired) electrons. The van der Waals surface area contributed by atoms with Gasteiger partial charge in [0.2, 0.25) is 5.91 Å². The molecule has 2 heterocycles. The van der Waals surface area contributed by atoms with Crippen molar-refractivity contribution in [2.45, 2.75) is 26.9 Å². The van der Waals surface area contributed by atoms with Crippen LogP contribution in [0.15, 0.2) is 24.3 Å². The molecule has 8 heteroatoms. The zero-order valence-electron chi connectivity index (χ0n) is 15.8. The molecule has 1 aromatic carbocycles. The molecule has 0 aliphatic carbocycles. The normalized spacial score (nSPS) is 14.1. The van der Waals surface area contributed by atoms with Crippen LogP contribution in [0.3, 0.4) is 0 Å². The summed E-state index contributed by atoms with van der Waals surface area (Å²) in [4.78, 5) is 27.9. The van der Waals surface area contributed by atoms with Crippen molar-refractivity contribution in [2.75, 3.05) is 19.6 Å². The number of hydrogen-bond acceptors (Lipinski definition) is 3. The molecule has 0 atom stereocenters. The predicted octanol–water partition coefficient (Wildman–Crippen LogP) is 1.73. The van der Waals surface area contributed by atoms with Gasteiger partial charge in [0.05, 0.1) is 5.69 Å². The van der Waals surface area contributed by atoms with Gasteiger partial charge >= 0.3 is 6.03 Å². The van der Waals surface area contributed by atoms with E-state index in [1.54, 1.807) is 21.7 Å². The Morgan fingerprint density at radius 2 is 1.85 bits per heavy atom. The number of aryl methyl sites for hydroxylation is 2. The van der Waals surface area contributed by atoms with Gasteiger partial charge in [0.1, 0.15) is 12.4 Å². The van der Waals surface area contributed by atoms with E-state index < -0.39 is 0 Å². The van der Waals surface area contributed by atoms with Crippen LogP contribution in [0.5, 0.6) is 0 Å². The van der Waals surface area contributed by atoms with E-state index in [-0.39, 0.29) is 24.3 Å². The highest BCUT2D eigenvalue weighted by Crippen LogP contribution is 2.14. The largest absolute Gasteiger partial charge is 0.350 e. The van der Waals surface area contributed by atoms with Crippen molar-refractivity contribution >= 4 is 11.9 Å². The molecule has 1 aliphatic rings. The van der Waals surface area contributed by atoms with Gasteiger partial charge in [-0.2, -0.15) is 5.10 Å². The molecule has 1 N–H and O–H groups in total. The molecule has 144 valence electrons. The van der Waals surface area contributed by atoms with Crippen molar-refractivity contribution in [3.63, 3.8) is 0 Å². The minimum atomic E-state index is -0.302. The van der Waals surface area contributed by atoms with E-state index in [0.717, 1.165) is 22.5 Å². The molecule has 3 amide bonds.